The van der Waals surface area contributed by atoms with Gasteiger partial charge in [-0.25, -0.2) is 0 Å². The molecule has 146 valence electrons. The predicted octanol–water partition coefficient (Wildman–Crippen LogP) is 3.01. The van der Waals surface area contributed by atoms with E-state index in [2.05, 4.69) is 21.0 Å². The van der Waals surface area contributed by atoms with Crippen LogP contribution in [0.5, 0.6) is 11.5 Å². The molecule has 0 aliphatic heterocycles. The Morgan fingerprint density at radius 1 is 1.11 bits per heavy atom. The number of amides is 2. The minimum Gasteiger partial charge on any atom is -0.493 e. The molecule has 0 fully saturated rings. The fourth-order valence-corrected chi connectivity index (χ4v) is 3.10. The third kappa shape index (κ3) is 4.49. The van der Waals surface area contributed by atoms with E-state index in [9.17, 15) is 9.59 Å². The van der Waals surface area contributed by atoms with Gasteiger partial charge in [0.1, 0.15) is 0 Å². The zero-order valence-electron chi connectivity index (χ0n) is 15.6. The Hall–Kier alpha value is -3.33. The van der Waals surface area contributed by atoms with Crippen LogP contribution in [-0.2, 0) is 0 Å². The van der Waals surface area contributed by atoms with Gasteiger partial charge < -0.3 is 9.47 Å². The molecule has 2 amide bonds. The Morgan fingerprint density at radius 3 is 2.57 bits per heavy atom. The normalized spacial score (nSPS) is 10.6. The smallest absolute Gasteiger partial charge is 0.290 e. The monoisotopic (exact) mass is 400 g/mol. The fourth-order valence-electron chi connectivity index (χ4n) is 2.41. The van der Waals surface area contributed by atoms with Crippen LogP contribution in [0.1, 0.15) is 34.7 Å². The molecule has 3 N–H and O–H groups in total. The molecule has 0 saturated heterocycles. The van der Waals surface area contributed by atoms with Crippen molar-refractivity contribution >= 4 is 23.2 Å². The van der Waals surface area contributed by atoms with Gasteiger partial charge in [-0.2, -0.15) is 5.10 Å². The number of ether oxygens (including phenoxy) is 2. The number of nitrogens with zero attached hydrogens (tertiary/aromatic N) is 1. The molecular weight excluding hydrogens is 380 g/mol. The molecule has 0 radical (unpaired) electrons. The van der Waals surface area contributed by atoms with Crippen molar-refractivity contribution in [2.75, 3.05) is 7.11 Å². The van der Waals surface area contributed by atoms with Crippen molar-refractivity contribution in [2.24, 2.45) is 0 Å². The molecule has 2 heterocycles. The predicted molar refractivity (Wildman–Crippen MR) is 106 cm³/mol. The molecule has 0 aliphatic rings. The molecule has 0 unspecified atom stereocenters. The number of aromatic amines is 1. The summed E-state index contributed by atoms with van der Waals surface area (Å²) in [5.74, 6) is -0.0489. The summed E-state index contributed by atoms with van der Waals surface area (Å²) in [7, 11) is 1.49. The van der Waals surface area contributed by atoms with Gasteiger partial charge in [-0.05, 0) is 49.6 Å². The summed E-state index contributed by atoms with van der Waals surface area (Å²) in [5.41, 5.74) is 5.93. The van der Waals surface area contributed by atoms with Gasteiger partial charge in [0, 0.05) is 5.56 Å². The second-order valence-corrected chi connectivity index (χ2v) is 7.03. The van der Waals surface area contributed by atoms with Gasteiger partial charge in [-0.3, -0.25) is 25.5 Å². The minimum atomic E-state index is -0.529. The van der Waals surface area contributed by atoms with E-state index in [-0.39, 0.29) is 11.8 Å². The lowest BCUT2D eigenvalue weighted by molar-refractivity contribution is 0.0843. The third-order valence-electron chi connectivity index (χ3n) is 3.68. The lowest BCUT2D eigenvalue weighted by atomic mass is 10.2. The van der Waals surface area contributed by atoms with E-state index >= 15 is 0 Å². The van der Waals surface area contributed by atoms with Crippen LogP contribution in [0.4, 0.5) is 0 Å². The number of nitrogens with one attached hydrogen (secondary N) is 3. The maximum absolute atomic E-state index is 12.3. The van der Waals surface area contributed by atoms with Crippen molar-refractivity contribution in [3.05, 3.63) is 53.0 Å². The summed E-state index contributed by atoms with van der Waals surface area (Å²) in [6.07, 6.45) is -0.0271. The lowest BCUT2D eigenvalue weighted by Gasteiger charge is -2.14. The number of methoxy groups -OCH3 is 1. The maximum Gasteiger partial charge on any atom is 0.290 e. The standard InChI is InChI=1S/C19H20N4O4S/c1-11(2)27-15-7-6-12(9-16(15)26-3)18(24)22-23-19(25)14-10-13(20-21-14)17-5-4-8-28-17/h4-11H,1-3H3,(H,20,21)(H,22,24)(H,23,25). The molecule has 0 atom stereocenters. The summed E-state index contributed by atoms with van der Waals surface area (Å²) in [6, 6.07) is 10.2. The van der Waals surface area contributed by atoms with Crippen LogP contribution >= 0.6 is 11.3 Å². The Bertz CT molecular complexity index is 966. The summed E-state index contributed by atoms with van der Waals surface area (Å²) < 4.78 is 10.9. The van der Waals surface area contributed by atoms with Crippen LogP contribution in [0, 0.1) is 0 Å². The number of hydrogen-bond donors (Lipinski definition) is 3. The SMILES string of the molecule is COc1cc(C(=O)NNC(=O)c2cc(-c3cccs3)[nH]n2)ccc1OC(C)C. The van der Waals surface area contributed by atoms with Crippen molar-refractivity contribution < 1.29 is 19.1 Å². The first-order valence-electron chi connectivity index (χ1n) is 8.52. The van der Waals surface area contributed by atoms with Crippen molar-refractivity contribution in [2.45, 2.75) is 20.0 Å². The number of aromatic nitrogens is 2. The number of thiophene rings is 1. The minimum absolute atomic E-state index is 0.0271. The van der Waals surface area contributed by atoms with Crippen LogP contribution in [0.25, 0.3) is 10.6 Å². The van der Waals surface area contributed by atoms with E-state index in [1.807, 2.05) is 31.4 Å². The number of rotatable bonds is 6. The highest BCUT2D eigenvalue weighted by Crippen LogP contribution is 2.29. The molecule has 0 spiro atoms. The van der Waals surface area contributed by atoms with Gasteiger partial charge in [-0.15, -0.1) is 11.3 Å². The van der Waals surface area contributed by atoms with E-state index in [4.69, 9.17) is 9.47 Å². The molecule has 28 heavy (non-hydrogen) atoms. The van der Waals surface area contributed by atoms with E-state index in [1.165, 1.54) is 18.4 Å². The molecule has 8 nitrogen and oxygen atoms in total. The van der Waals surface area contributed by atoms with Gasteiger partial charge in [0.05, 0.1) is 23.8 Å². The van der Waals surface area contributed by atoms with Crippen molar-refractivity contribution in [1.82, 2.24) is 21.0 Å². The van der Waals surface area contributed by atoms with Gasteiger partial charge in [0.15, 0.2) is 17.2 Å². The second kappa shape index (κ2) is 8.57. The quantitative estimate of drug-likeness (QED) is 0.552. The van der Waals surface area contributed by atoms with Crippen molar-refractivity contribution in [1.29, 1.82) is 0 Å². The largest absolute Gasteiger partial charge is 0.493 e. The van der Waals surface area contributed by atoms with Gasteiger partial charge in [0.2, 0.25) is 0 Å². The second-order valence-electron chi connectivity index (χ2n) is 6.08. The van der Waals surface area contributed by atoms with E-state index in [0.29, 0.717) is 17.1 Å². The zero-order valence-corrected chi connectivity index (χ0v) is 16.4. The number of hydrogen-bond acceptors (Lipinski definition) is 6. The first-order chi connectivity index (χ1) is 13.5. The van der Waals surface area contributed by atoms with Crippen molar-refractivity contribution in [3.63, 3.8) is 0 Å². The van der Waals surface area contributed by atoms with Crippen LogP contribution in [-0.4, -0.2) is 35.2 Å². The first kappa shape index (κ1) is 19.4. The highest BCUT2D eigenvalue weighted by atomic mass is 32.1. The highest BCUT2D eigenvalue weighted by molar-refractivity contribution is 7.13. The molecule has 0 saturated carbocycles. The van der Waals surface area contributed by atoms with Crippen LogP contribution < -0.4 is 20.3 Å². The average Bonchev–Trinajstić information content (AvgIpc) is 3.37. The molecule has 9 heteroatoms. The number of hydrazine groups is 1. The fraction of sp³-hybridized carbons (Fsp3) is 0.211. The van der Waals surface area contributed by atoms with Crippen LogP contribution in [0.15, 0.2) is 41.8 Å². The number of carbonyl (C=O) groups excluding carboxylic acids is 2. The molecule has 3 rings (SSSR count). The lowest BCUT2D eigenvalue weighted by Crippen LogP contribution is -2.41. The number of carbonyl (C=O) groups is 2. The van der Waals surface area contributed by atoms with E-state index in [0.717, 1.165) is 10.6 Å². The summed E-state index contributed by atoms with van der Waals surface area (Å²) in [6.45, 7) is 3.79. The molecule has 1 aromatic carbocycles. The molecule has 0 aliphatic carbocycles. The Labute approximate surface area is 165 Å². The van der Waals surface area contributed by atoms with Crippen molar-refractivity contribution in [3.8, 4) is 22.1 Å². The summed E-state index contributed by atoms with van der Waals surface area (Å²) in [4.78, 5) is 25.5. The summed E-state index contributed by atoms with van der Waals surface area (Å²) >= 11 is 1.53. The van der Waals surface area contributed by atoms with E-state index in [1.54, 1.807) is 24.3 Å². The highest BCUT2D eigenvalue weighted by Gasteiger charge is 2.15. The molecule has 2 aromatic heterocycles. The Kier molecular flexibility index (Phi) is 5.95. The van der Waals surface area contributed by atoms with Gasteiger partial charge in [0.25, 0.3) is 11.8 Å². The summed E-state index contributed by atoms with van der Waals surface area (Å²) in [5, 5.41) is 8.71. The maximum atomic E-state index is 12.3. The third-order valence-corrected chi connectivity index (χ3v) is 4.58. The first-order valence-corrected chi connectivity index (χ1v) is 9.40. The zero-order chi connectivity index (χ0) is 20.1. The average molecular weight is 400 g/mol. The molecule has 3 aromatic rings. The van der Waals surface area contributed by atoms with Crippen LogP contribution in [0.2, 0.25) is 0 Å². The Morgan fingerprint density at radius 2 is 1.89 bits per heavy atom. The number of benzene rings is 1. The van der Waals surface area contributed by atoms with Gasteiger partial charge in [-0.1, -0.05) is 6.07 Å². The topological polar surface area (TPSA) is 105 Å². The van der Waals surface area contributed by atoms with Gasteiger partial charge >= 0.3 is 0 Å². The van der Waals surface area contributed by atoms with E-state index < -0.39 is 11.8 Å². The van der Waals surface area contributed by atoms with Crippen LogP contribution in [0.3, 0.4) is 0 Å². The number of H-pyrrole nitrogens is 1. The Balaban J connectivity index is 1.63. The molecular formula is C19H20N4O4S. The molecule has 0 bridgehead atoms.